The molecule has 0 aliphatic carbocycles. The standard InChI is InChI=1S/C16H24BrNO2/c1-4-13-9-10-15(14(17)12-13)20-11-7-8-16(19)18(5-2)6-3/h9-10,12H,4-8,11H2,1-3H3. The molecule has 1 rings (SSSR count). The Kier molecular flexibility index (Phi) is 7.67. The van der Waals surface area contributed by atoms with Gasteiger partial charge >= 0.3 is 0 Å². The van der Waals surface area contributed by atoms with Crippen LogP contribution < -0.4 is 4.74 Å². The molecule has 0 bridgehead atoms. The summed E-state index contributed by atoms with van der Waals surface area (Å²) in [6.45, 7) is 8.26. The quantitative estimate of drug-likeness (QED) is 0.668. The normalized spacial score (nSPS) is 10.4. The first-order valence-corrected chi connectivity index (χ1v) is 8.10. The SMILES string of the molecule is CCc1ccc(OCCCC(=O)N(CC)CC)c(Br)c1. The summed E-state index contributed by atoms with van der Waals surface area (Å²) in [5.74, 6) is 1.05. The number of rotatable bonds is 8. The molecule has 112 valence electrons. The molecule has 0 aliphatic rings. The molecular weight excluding hydrogens is 318 g/mol. The van der Waals surface area contributed by atoms with Crippen LogP contribution in [0.15, 0.2) is 22.7 Å². The van der Waals surface area contributed by atoms with Crippen molar-refractivity contribution in [1.29, 1.82) is 0 Å². The molecule has 0 atom stereocenters. The molecule has 0 radical (unpaired) electrons. The topological polar surface area (TPSA) is 29.5 Å². The molecule has 0 aliphatic heterocycles. The molecule has 0 N–H and O–H groups in total. The Morgan fingerprint density at radius 3 is 2.50 bits per heavy atom. The largest absolute Gasteiger partial charge is 0.492 e. The zero-order valence-corrected chi connectivity index (χ0v) is 14.2. The summed E-state index contributed by atoms with van der Waals surface area (Å²) in [5, 5.41) is 0. The summed E-state index contributed by atoms with van der Waals surface area (Å²) < 4.78 is 6.69. The maximum atomic E-state index is 11.8. The van der Waals surface area contributed by atoms with Gasteiger partial charge < -0.3 is 9.64 Å². The van der Waals surface area contributed by atoms with Crippen LogP contribution in [0.2, 0.25) is 0 Å². The zero-order valence-electron chi connectivity index (χ0n) is 12.6. The summed E-state index contributed by atoms with van der Waals surface area (Å²) in [5.41, 5.74) is 1.28. The van der Waals surface area contributed by atoms with Gasteiger partial charge in [0.2, 0.25) is 5.91 Å². The number of amides is 1. The number of carbonyl (C=O) groups is 1. The highest BCUT2D eigenvalue weighted by molar-refractivity contribution is 9.10. The molecule has 0 heterocycles. The van der Waals surface area contributed by atoms with Gasteiger partial charge in [-0.15, -0.1) is 0 Å². The van der Waals surface area contributed by atoms with Crippen LogP contribution in [0.4, 0.5) is 0 Å². The van der Waals surface area contributed by atoms with Crippen LogP contribution in [-0.2, 0) is 11.2 Å². The third-order valence-corrected chi connectivity index (χ3v) is 3.93. The molecular formula is C16H24BrNO2. The molecule has 4 heteroatoms. The van der Waals surface area contributed by atoms with E-state index in [2.05, 4.69) is 35.0 Å². The van der Waals surface area contributed by atoms with Crippen LogP contribution in [0.5, 0.6) is 5.75 Å². The second-order valence-corrected chi connectivity index (χ2v) is 5.49. The average molecular weight is 342 g/mol. The fourth-order valence-corrected chi connectivity index (χ4v) is 2.56. The Hall–Kier alpha value is -1.03. The first kappa shape index (κ1) is 17.0. The zero-order chi connectivity index (χ0) is 15.0. The minimum absolute atomic E-state index is 0.207. The van der Waals surface area contributed by atoms with Gasteiger partial charge in [-0.1, -0.05) is 13.0 Å². The molecule has 0 unspecified atom stereocenters. The number of ether oxygens (including phenoxy) is 1. The smallest absolute Gasteiger partial charge is 0.222 e. The van der Waals surface area contributed by atoms with E-state index in [0.717, 1.165) is 36.2 Å². The fourth-order valence-electron chi connectivity index (χ4n) is 2.02. The van der Waals surface area contributed by atoms with Crippen molar-refractivity contribution in [2.24, 2.45) is 0 Å². The third-order valence-electron chi connectivity index (χ3n) is 3.31. The summed E-state index contributed by atoms with van der Waals surface area (Å²) in [6.07, 6.45) is 2.31. The lowest BCUT2D eigenvalue weighted by atomic mass is 10.2. The minimum atomic E-state index is 0.207. The summed E-state index contributed by atoms with van der Waals surface area (Å²) in [6, 6.07) is 6.13. The van der Waals surface area contributed by atoms with Crippen LogP contribution >= 0.6 is 15.9 Å². The van der Waals surface area contributed by atoms with Crippen molar-refractivity contribution in [3.05, 3.63) is 28.2 Å². The maximum Gasteiger partial charge on any atom is 0.222 e. The number of halogens is 1. The van der Waals surface area contributed by atoms with E-state index in [1.165, 1.54) is 5.56 Å². The molecule has 0 spiro atoms. The second kappa shape index (κ2) is 9.01. The van der Waals surface area contributed by atoms with E-state index in [4.69, 9.17) is 4.74 Å². The van der Waals surface area contributed by atoms with Crippen molar-refractivity contribution >= 4 is 21.8 Å². The van der Waals surface area contributed by atoms with Crippen LogP contribution in [0.1, 0.15) is 39.2 Å². The number of aryl methyl sites for hydroxylation is 1. The Labute approximate surface area is 130 Å². The van der Waals surface area contributed by atoms with Gasteiger partial charge in [0.25, 0.3) is 0 Å². The Morgan fingerprint density at radius 2 is 1.95 bits per heavy atom. The molecule has 0 saturated carbocycles. The van der Waals surface area contributed by atoms with Crippen molar-refractivity contribution in [3.63, 3.8) is 0 Å². The van der Waals surface area contributed by atoms with Gasteiger partial charge in [0.1, 0.15) is 5.75 Å². The highest BCUT2D eigenvalue weighted by Crippen LogP contribution is 2.26. The van der Waals surface area contributed by atoms with E-state index >= 15 is 0 Å². The number of nitrogens with zero attached hydrogens (tertiary/aromatic N) is 1. The Morgan fingerprint density at radius 1 is 1.25 bits per heavy atom. The molecule has 3 nitrogen and oxygen atoms in total. The Balaban J connectivity index is 2.36. The highest BCUT2D eigenvalue weighted by atomic mass is 79.9. The highest BCUT2D eigenvalue weighted by Gasteiger charge is 2.09. The van der Waals surface area contributed by atoms with Gasteiger partial charge in [0.15, 0.2) is 0 Å². The van der Waals surface area contributed by atoms with E-state index in [1.54, 1.807) is 0 Å². The third kappa shape index (κ3) is 5.16. The van der Waals surface area contributed by atoms with Gasteiger partial charge in [-0.3, -0.25) is 4.79 Å². The Bertz CT molecular complexity index is 430. The van der Waals surface area contributed by atoms with E-state index in [1.807, 2.05) is 24.8 Å². The molecule has 1 amide bonds. The molecule has 20 heavy (non-hydrogen) atoms. The number of carbonyl (C=O) groups excluding carboxylic acids is 1. The van der Waals surface area contributed by atoms with E-state index < -0.39 is 0 Å². The van der Waals surface area contributed by atoms with Gasteiger partial charge in [-0.05, 0) is 60.3 Å². The molecule has 1 aromatic rings. The van der Waals surface area contributed by atoms with Crippen molar-refractivity contribution < 1.29 is 9.53 Å². The lowest BCUT2D eigenvalue weighted by Gasteiger charge is -2.18. The summed E-state index contributed by atoms with van der Waals surface area (Å²) in [4.78, 5) is 13.7. The predicted octanol–water partition coefficient (Wildman–Crippen LogP) is 4.04. The molecule has 0 fully saturated rings. The van der Waals surface area contributed by atoms with Gasteiger partial charge in [-0.2, -0.15) is 0 Å². The van der Waals surface area contributed by atoms with Crippen LogP contribution in [0, 0.1) is 0 Å². The van der Waals surface area contributed by atoms with Gasteiger partial charge in [-0.25, -0.2) is 0 Å². The van der Waals surface area contributed by atoms with Crippen molar-refractivity contribution in [1.82, 2.24) is 4.90 Å². The van der Waals surface area contributed by atoms with Crippen LogP contribution in [-0.4, -0.2) is 30.5 Å². The minimum Gasteiger partial charge on any atom is -0.492 e. The number of benzene rings is 1. The first-order valence-electron chi connectivity index (χ1n) is 7.31. The van der Waals surface area contributed by atoms with E-state index in [9.17, 15) is 4.79 Å². The molecule has 0 aromatic heterocycles. The van der Waals surface area contributed by atoms with Crippen molar-refractivity contribution in [2.75, 3.05) is 19.7 Å². The first-order chi connectivity index (χ1) is 9.62. The van der Waals surface area contributed by atoms with Gasteiger partial charge in [0.05, 0.1) is 11.1 Å². The number of hydrogen-bond acceptors (Lipinski definition) is 2. The lowest BCUT2D eigenvalue weighted by molar-refractivity contribution is -0.131. The van der Waals surface area contributed by atoms with Crippen molar-refractivity contribution in [2.45, 2.75) is 40.0 Å². The predicted molar refractivity (Wildman–Crippen MR) is 86.2 cm³/mol. The number of hydrogen-bond donors (Lipinski definition) is 0. The lowest BCUT2D eigenvalue weighted by Crippen LogP contribution is -2.30. The maximum absolute atomic E-state index is 11.8. The monoisotopic (exact) mass is 341 g/mol. The van der Waals surface area contributed by atoms with E-state index in [0.29, 0.717) is 13.0 Å². The van der Waals surface area contributed by atoms with Gasteiger partial charge in [0, 0.05) is 19.5 Å². The summed E-state index contributed by atoms with van der Waals surface area (Å²) in [7, 11) is 0. The van der Waals surface area contributed by atoms with E-state index in [-0.39, 0.29) is 5.91 Å². The second-order valence-electron chi connectivity index (χ2n) is 4.64. The molecule has 0 saturated heterocycles. The van der Waals surface area contributed by atoms with Crippen LogP contribution in [0.25, 0.3) is 0 Å². The van der Waals surface area contributed by atoms with Crippen molar-refractivity contribution in [3.8, 4) is 5.75 Å². The van der Waals surface area contributed by atoms with Crippen LogP contribution in [0.3, 0.4) is 0 Å². The summed E-state index contributed by atoms with van der Waals surface area (Å²) >= 11 is 3.51. The average Bonchev–Trinajstić information content (AvgIpc) is 2.46. The molecule has 1 aromatic carbocycles. The fraction of sp³-hybridized carbons (Fsp3) is 0.562.